The fraction of sp³-hybridized carbons (Fsp3) is 0.400. The molecule has 2 aromatic carbocycles. The number of hydrogen-bond donors (Lipinski definition) is 1. The molecule has 8 heteroatoms. The van der Waals surface area contributed by atoms with Gasteiger partial charge in [0.2, 0.25) is 0 Å². The van der Waals surface area contributed by atoms with Gasteiger partial charge in [-0.3, -0.25) is 14.2 Å². The monoisotopic (exact) mass is 529 g/mol. The van der Waals surface area contributed by atoms with E-state index in [2.05, 4.69) is 16.6 Å². The van der Waals surface area contributed by atoms with Crippen LogP contribution < -0.4 is 10.9 Å². The second-order valence-electron chi connectivity index (χ2n) is 10.2. The molecule has 1 aliphatic carbocycles. The van der Waals surface area contributed by atoms with Gasteiger partial charge in [-0.15, -0.1) is 0 Å². The summed E-state index contributed by atoms with van der Waals surface area (Å²) in [5, 5.41) is 4.12. The maximum atomic E-state index is 14.0. The lowest BCUT2D eigenvalue weighted by atomic mass is 10.1. The third kappa shape index (κ3) is 5.71. The van der Waals surface area contributed by atoms with Crippen molar-refractivity contribution in [3.63, 3.8) is 0 Å². The number of hydrogen-bond acceptors (Lipinski definition) is 6. The number of nitrogens with one attached hydrogen (secondary N) is 1. The molecule has 7 nitrogen and oxygen atoms in total. The largest absolute Gasteiger partial charge is 0.328 e. The minimum atomic E-state index is -0.354. The second kappa shape index (κ2) is 11.6. The second-order valence-corrected chi connectivity index (χ2v) is 10.9. The van der Waals surface area contributed by atoms with E-state index in [4.69, 9.17) is 4.98 Å². The molecule has 5 rings (SSSR count). The Hall–Kier alpha value is -3.36. The van der Waals surface area contributed by atoms with Crippen LogP contribution >= 0.6 is 11.5 Å². The number of benzene rings is 2. The van der Waals surface area contributed by atoms with Gasteiger partial charge in [-0.1, -0.05) is 55.0 Å². The van der Waals surface area contributed by atoms with Crippen LogP contribution in [0.15, 0.2) is 59.4 Å². The van der Waals surface area contributed by atoms with Crippen molar-refractivity contribution in [3.05, 3.63) is 93.2 Å². The predicted octanol–water partition coefficient (Wildman–Crippen LogP) is 5.25. The van der Waals surface area contributed by atoms with Gasteiger partial charge in [0.25, 0.3) is 11.5 Å². The molecule has 0 saturated heterocycles. The van der Waals surface area contributed by atoms with E-state index in [1.165, 1.54) is 24.4 Å². The molecule has 4 aromatic rings. The van der Waals surface area contributed by atoms with Gasteiger partial charge in [0, 0.05) is 18.2 Å². The zero-order chi connectivity index (χ0) is 26.6. The van der Waals surface area contributed by atoms with Gasteiger partial charge >= 0.3 is 0 Å². The fourth-order valence-electron chi connectivity index (χ4n) is 4.90. The van der Waals surface area contributed by atoms with Crippen molar-refractivity contribution in [2.75, 3.05) is 13.1 Å². The molecule has 198 valence electrons. The molecule has 2 aromatic heterocycles. The lowest BCUT2D eigenvalue weighted by molar-refractivity contribution is 0.0654. The molecule has 0 radical (unpaired) electrons. The first-order valence-corrected chi connectivity index (χ1v) is 14.2. The van der Waals surface area contributed by atoms with Crippen LogP contribution in [0, 0.1) is 13.8 Å². The van der Waals surface area contributed by atoms with Crippen LogP contribution in [-0.4, -0.2) is 43.9 Å². The Kier molecular flexibility index (Phi) is 8.00. The normalized spacial score (nSPS) is 14.1. The summed E-state index contributed by atoms with van der Waals surface area (Å²) >= 11 is 1.25. The first kappa shape index (κ1) is 26.3. The van der Waals surface area contributed by atoms with Crippen molar-refractivity contribution >= 4 is 27.7 Å². The van der Waals surface area contributed by atoms with Crippen LogP contribution in [0.3, 0.4) is 0 Å². The maximum Gasteiger partial charge on any atom is 0.264 e. The van der Waals surface area contributed by atoms with E-state index in [-0.39, 0.29) is 17.5 Å². The van der Waals surface area contributed by atoms with Crippen molar-refractivity contribution in [3.8, 4) is 0 Å². The summed E-state index contributed by atoms with van der Waals surface area (Å²) in [6, 6.07) is 17.9. The van der Waals surface area contributed by atoms with E-state index < -0.39 is 0 Å². The van der Waals surface area contributed by atoms with Gasteiger partial charge in [-0.05, 0) is 75.3 Å². The number of carbonyl (C=O) groups is 1. The maximum absolute atomic E-state index is 14.0. The highest BCUT2D eigenvalue weighted by Gasteiger charge is 2.30. The van der Waals surface area contributed by atoms with Crippen LogP contribution in [0.5, 0.6) is 0 Å². The van der Waals surface area contributed by atoms with Crippen LogP contribution in [0.25, 0.3) is 10.2 Å². The Bertz CT molecular complexity index is 1460. The minimum Gasteiger partial charge on any atom is -0.328 e. The van der Waals surface area contributed by atoms with Crippen molar-refractivity contribution in [2.24, 2.45) is 0 Å². The molecular weight excluding hydrogens is 494 g/mol. The number of aryl methyl sites for hydroxylation is 2. The highest BCUT2D eigenvalue weighted by Crippen LogP contribution is 2.28. The molecule has 1 aliphatic rings. The van der Waals surface area contributed by atoms with Gasteiger partial charge in [0.05, 0.1) is 23.7 Å². The zero-order valence-electron chi connectivity index (χ0n) is 22.3. The number of nitrogens with zero attached hydrogens (tertiary/aromatic N) is 4. The molecule has 0 spiro atoms. The molecule has 1 atom stereocenters. The Morgan fingerprint density at radius 1 is 1.13 bits per heavy atom. The molecule has 0 aliphatic heterocycles. The zero-order valence-corrected chi connectivity index (χ0v) is 23.1. The van der Waals surface area contributed by atoms with Gasteiger partial charge < -0.3 is 10.2 Å². The highest BCUT2D eigenvalue weighted by atomic mass is 32.1. The van der Waals surface area contributed by atoms with E-state index in [0.717, 1.165) is 24.1 Å². The number of aromatic nitrogens is 3. The summed E-state index contributed by atoms with van der Waals surface area (Å²) in [5.74, 6) is 0.581. The topological polar surface area (TPSA) is 80.1 Å². The molecule has 1 unspecified atom stereocenters. The summed E-state index contributed by atoms with van der Waals surface area (Å²) in [4.78, 5) is 35.4. The van der Waals surface area contributed by atoms with Gasteiger partial charge in [0.15, 0.2) is 4.83 Å². The molecule has 1 amide bonds. The Morgan fingerprint density at radius 3 is 2.55 bits per heavy atom. The van der Waals surface area contributed by atoms with E-state index >= 15 is 0 Å². The highest BCUT2D eigenvalue weighted by molar-refractivity contribution is 7.12. The molecule has 0 bridgehead atoms. The lowest BCUT2D eigenvalue weighted by Crippen LogP contribution is -2.40. The van der Waals surface area contributed by atoms with E-state index in [1.807, 2.05) is 73.3 Å². The van der Waals surface area contributed by atoms with Crippen LogP contribution in [0.2, 0.25) is 0 Å². The Labute approximate surface area is 227 Å². The molecule has 2 heterocycles. The molecule has 1 N–H and O–H groups in total. The van der Waals surface area contributed by atoms with Crippen molar-refractivity contribution in [1.29, 1.82) is 0 Å². The smallest absolute Gasteiger partial charge is 0.264 e. The summed E-state index contributed by atoms with van der Waals surface area (Å²) in [6.07, 6.45) is 3.93. The number of amides is 1. The van der Waals surface area contributed by atoms with E-state index in [0.29, 0.717) is 52.9 Å². The van der Waals surface area contributed by atoms with Crippen molar-refractivity contribution in [2.45, 2.75) is 65.1 Å². The number of carbonyl (C=O) groups excluding carboxylic acids is 1. The summed E-state index contributed by atoms with van der Waals surface area (Å²) in [6.45, 7) is 7.75. The van der Waals surface area contributed by atoms with Crippen LogP contribution in [-0.2, 0) is 6.54 Å². The summed E-state index contributed by atoms with van der Waals surface area (Å²) < 4.78 is 6.18. The fourth-order valence-corrected chi connectivity index (χ4v) is 5.68. The van der Waals surface area contributed by atoms with Crippen molar-refractivity contribution < 1.29 is 4.79 Å². The minimum absolute atomic E-state index is 0.0376. The van der Waals surface area contributed by atoms with Crippen molar-refractivity contribution in [1.82, 2.24) is 24.1 Å². The SMILES string of the molecule is CCC(c1nc2snc(C)c2c(=O)n1Cc1ccccc1)N(CCCNC1CC1)C(=O)c1ccc(C)cc1. The standard InChI is InChI=1S/C30H35N5O2S/c1-4-25(34(18-8-17-31-24-15-16-24)29(36)23-13-11-20(2)12-14-23)27-32-28-26(21(3)33-38-28)30(37)35(27)19-22-9-6-5-7-10-22/h5-7,9-14,24-25,31H,4,8,15-19H2,1-3H3. The third-order valence-corrected chi connectivity index (χ3v) is 8.02. The van der Waals surface area contributed by atoms with Crippen LogP contribution in [0.4, 0.5) is 0 Å². The number of rotatable bonds is 11. The van der Waals surface area contributed by atoms with Gasteiger partial charge in [0.1, 0.15) is 5.82 Å². The third-order valence-electron chi connectivity index (χ3n) is 7.19. The average molecular weight is 530 g/mol. The quantitative estimate of drug-likeness (QED) is 0.268. The lowest BCUT2D eigenvalue weighted by Gasteiger charge is -2.32. The molecule has 1 saturated carbocycles. The first-order valence-electron chi connectivity index (χ1n) is 13.5. The first-order chi connectivity index (χ1) is 18.5. The molecule has 38 heavy (non-hydrogen) atoms. The van der Waals surface area contributed by atoms with Crippen LogP contribution in [0.1, 0.15) is 71.7 Å². The molecular formula is C30H35N5O2S. The Morgan fingerprint density at radius 2 is 1.87 bits per heavy atom. The van der Waals surface area contributed by atoms with Gasteiger partial charge in [-0.2, -0.15) is 4.37 Å². The van der Waals surface area contributed by atoms with E-state index in [9.17, 15) is 9.59 Å². The van der Waals surface area contributed by atoms with Gasteiger partial charge in [-0.25, -0.2) is 4.98 Å². The Balaban J connectivity index is 1.57. The summed E-state index contributed by atoms with van der Waals surface area (Å²) in [7, 11) is 0. The predicted molar refractivity (Wildman–Crippen MR) is 153 cm³/mol. The molecule has 1 fully saturated rings. The van der Waals surface area contributed by atoms with E-state index in [1.54, 1.807) is 4.57 Å². The number of fused-ring (bicyclic) bond motifs is 1. The average Bonchev–Trinajstić information content (AvgIpc) is 3.68. The summed E-state index contributed by atoms with van der Waals surface area (Å²) in [5.41, 5.74) is 3.37.